The van der Waals surface area contributed by atoms with Crippen LogP contribution in [0.4, 0.5) is 0 Å². The van der Waals surface area contributed by atoms with E-state index in [-0.39, 0.29) is 11.9 Å². The summed E-state index contributed by atoms with van der Waals surface area (Å²) in [5.41, 5.74) is 2.57. The number of carbonyl (C=O) groups excluding carboxylic acids is 1. The van der Waals surface area contributed by atoms with Gasteiger partial charge in [0.2, 0.25) is 0 Å². The van der Waals surface area contributed by atoms with E-state index in [1.54, 1.807) is 17.1 Å². The van der Waals surface area contributed by atoms with Gasteiger partial charge in [0.1, 0.15) is 12.7 Å². The molecular weight excluding hydrogens is 356 g/mol. The van der Waals surface area contributed by atoms with E-state index in [1.807, 2.05) is 49.4 Å². The van der Waals surface area contributed by atoms with Crippen LogP contribution in [-0.4, -0.2) is 20.7 Å². The Labute approximate surface area is 142 Å². The van der Waals surface area contributed by atoms with Crippen molar-refractivity contribution in [1.82, 2.24) is 20.1 Å². The lowest BCUT2D eigenvalue weighted by Crippen LogP contribution is -2.26. The van der Waals surface area contributed by atoms with E-state index in [0.29, 0.717) is 5.56 Å². The second-order valence-corrected chi connectivity index (χ2v) is 5.96. The summed E-state index contributed by atoms with van der Waals surface area (Å²) in [7, 11) is 0. The van der Waals surface area contributed by atoms with Gasteiger partial charge in [0.25, 0.3) is 5.91 Å². The summed E-state index contributed by atoms with van der Waals surface area (Å²) in [6.07, 6.45) is 3.14. The van der Waals surface area contributed by atoms with Gasteiger partial charge in [0, 0.05) is 4.47 Å². The number of hydrogen-bond acceptors (Lipinski definition) is 3. The highest BCUT2D eigenvalue weighted by molar-refractivity contribution is 9.10. The molecule has 3 rings (SSSR count). The van der Waals surface area contributed by atoms with Crippen LogP contribution in [0.2, 0.25) is 0 Å². The fourth-order valence-corrected chi connectivity index (χ4v) is 2.73. The molecule has 0 spiro atoms. The van der Waals surface area contributed by atoms with Crippen molar-refractivity contribution in [2.45, 2.75) is 13.0 Å². The van der Waals surface area contributed by atoms with Gasteiger partial charge in [-0.3, -0.25) is 4.79 Å². The average Bonchev–Trinajstić information content (AvgIpc) is 3.09. The van der Waals surface area contributed by atoms with Crippen LogP contribution < -0.4 is 5.32 Å². The van der Waals surface area contributed by atoms with Crippen molar-refractivity contribution in [3.05, 3.63) is 76.8 Å². The van der Waals surface area contributed by atoms with Crippen LogP contribution in [0.3, 0.4) is 0 Å². The summed E-state index contributed by atoms with van der Waals surface area (Å²) in [4.78, 5) is 16.3. The minimum absolute atomic E-state index is 0.0978. The van der Waals surface area contributed by atoms with Crippen molar-refractivity contribution in [3.8, 4) is 5.69 Å². The van der Waals surface area contributed by atoms with Gasteiger partial charge in [-0.25, -0.2) is 9.67 Å². The highest BCUT2D eigenvalue weighted by atomic mass is 79.9. The third kappa shape index (κ3) is 3.48. The molecule has 0 unspecified atom stereocenters. The minimum atomic E-state index is -0.106. The van der Waals surface area contributed by atoms with Crippen LogP contribution >= 0.6 is 15.9 Å². The zero-order chi connectivity index (χ0) is 16.2. The Morgan fingerprint density at radius 3 is 2.57 bits per heavy atom. The van der Waals surface area contributed by atoms with Crippen molar-refractivity contribution in [2.75, 3.05) is 0 Å². The van der Waals surface area contributed by atoms with Crippen LogP contribution in [0.5, 0.6) is 0 Å². The molecule has 3 aromatic rings. The largest absolute Gasteiger partial charge is 0.345 e. The molecule has 0 radical (unpaired) electrons. The molecule has 0 saturated carbocycles. The number of rotatable bonds is 4. The molecule has 1 amide bonds. The molecule has 1 aromatic heterocycles. The predicted octanol–water partition coefficient (Wildman–Crippen LogP) is 3.52. The minimum Gasteiger partial charge on any atom is -0.345 e. The summed E-state index contributed by atoms with van der Waals surface area (Å²) in [6.45, 7) is 1.96. The number of nitrogens with zero attached hydrogens (tertiary/aromatic N) is 3. The lowest BCUT2D eigenvalue weighted by Gasteiger charge is -2.15. The molecule has 23 heavy (non-hydrogen) atoms. The van der Waals surface area contributed by atoms with Crippen LogP contribution in [-0.2, 0) is 0 Å². The lowest BCUT2D eigenvalue weighted by molar-refractivity contribution is 0.0939. The van der Waals surface area contributed by atoms with Crippen LogP contribution in [0.15, 0.2) is 65.7 Å². The molecule has 1 heterocycles. The maximum Gasteiger partial charge on any atom is 0.252 e. The number of aromatic nitrogens is 3. The van der Waals surface area contributed by atoms with Crippen molar-refractivity contribution in [3.63, 3.8) is 0 Å². The maximum absolute atomic E-state index is 12.3. The van der Waals surface area contributed by atoms with Gasteiger partial charge < -0.3 is 5.32 Å². The van der Waals surface area contributed by atoms with E-state index in [9.17, 15) is 4.79 Å². The third-order valence-corrected chi connectivity index (χ3v) is 4.23. The van der Waals surface area contributed by atoms with Crippen LogP contribution in [0, 0.1) is 0 Å². The van der Waals surface area contributed by atoms with Crippen molar-refractivity contribution >= 4 is 21.8 Å². The van der Waals surface area contributed by atoms with E-state index >= 15 is 0 Å². The Kier molecular flexibility index (Phi) is 4.52. The Morgan fingerprint density at radius 2 is 1.91 bits per heavy atom. The number of benzene rings is 2. The first kappa shape index (κ1) is 15.4. The predicted molar refractivity (Wildman–Crippen MR) is 91.4 cm³/mol. The first-order chi connectivity index (χ1) is 11.1. The van der Waals surface area contributed by atoms with Crippen LogP contribution in [0.25, 0.3) is 5.69 Å². The van der Waals surface area contributed by atoms with Gasteiger partial charge in [0.15, 0.2) is 0 Å². The summed E-state index contributed by atoms with van der Waals surface area (Å²) < 4.78 is 2.47. The van der Waals surface area contributed by atoms with E-state index < -0.39 is 0 Å². The van der Waals surface area contributed by atoms with E-state index in [4.69, 9.17) is 0 Å². The highest BCUT2D eigenvalue weighted by Gasteiger charge is 2.13. The molecule has 0 aliphatic rings. The molecule has 2 aromatic carbocycles. The second-order valence-electron chi connectivity index (χ2n) is 5.11. The van der Waals surface area contributed by atoms with Gasteiger partial charge in [-0.15, -0.1) is 0 Å². The van der Waals surface area contributed by atoms with Gasteiger partial charge >= 0.3 is 0 Å². The monoisotopic (exact) mass is 370 g/mol. The third-order valence-electron chi connectivity index (χ3n) is 3.54. The molecule has 5 nitrogen and oxygen atoms in total. The molecule has 0 saturated heterocycles. The van der Waals surface area contributed by atoms with Gasteiger partial charge in [-0.2, -0.15) is 5.10 Å². The Bertz CT molecular complexity index is 800. The summed E-state index contributed by atoms with van der Waals surface area (Å²) in [5, 5.41) is 7.09. The number of amides is 1. The molecule has 0 fully saturated rings. The Balaban J connectivity index is 1.72. The molecule has 0 aliphatic carbocycles. The summed E-state index contributed by atoms with van der Waals surface area (Å²) in [6, 6.07) is 15.1. The molecule has 0 bridgehead atoms. The topological polar surface area (TPSA) is 59.8 Å². The average molecular weight is 371 g/mol. The standard InChI is InChI=1S/C17H15BrN4O/c1-12(21-17(23)15-4-2-3-5-16(15)18)13-6-8-14(9-7-13)22-11-19-10-20-22/h2-12H,1H3,(H,21,23)/t12-/m0/s1. The number of nitrogens with one attached hydrogen (secondary N) is 1. The molecule has 116 valence electrons. The Morgan fingerprint density at radius 1 is 1.17 bits per heavy atom. The summed E-state index contributed by atoms with van der Waals surface area (Å²) >= 11 is 3.40. The second kappa shape index (κ2) is 6.75. The number of carbonyl (C=O) groups is 1. The van der Waals surface area contributed by atoms with E-state index in [1.165, 1.54) is 6.33 Å². The van der Waals surface area contributed by atoms with Crippen molar-refractivity contribution < 1.29 is 4.79 Å². The zero-order valence-corrected chi connectivity index (χ0v) is 14.1. The van der Waals surface area contributed by atoms with E-state index in [2.05, 4.69) is 31.3 Å². The maximum atomic E-state index is 12.3. The molecule has 0 aliphatic heterocycles. The SMILES string of the molecule is C[C@H](NC(=O)c1ccccc1Br)c1ccc(-n2cncn2)cc1. The molecule has 1 atom stereocenters. The first-order valence-corrected chi connectivity index (χ1v) is 7.95. The first-order valence-electron chi connectivity index (χ1n) is 7.15. The van der Waals surface area contributed by atoms with Crippen LogP contribution in [0.1, 0.15) is 28.9 Å². The normalized spacial score (nSPS) is 11.9. The molecular formula is C17H15BrN4O. The van der Waals surface area contributed by atoms with Crippen molar-refractivity contribution in [2.24, 2.45) is 0 Å². The summed E-state index contributed by atoms with van der Waals surface area (Å²) in [5.74, 6) is -0.106. The van der Waals surface area contributed by atoms with Gasteiger partial charge in [0.05, 0.1) is 17.3 Å². The number of halogens is 1. The van der Waals surface area contributed by atoms with Gasteiger partial charge in [-0.1, -0.05) is 24.3 Å². The lowest BCUT2D eigenvalue weighted by atomic mass is 10.1. The fourth-order valence-electron chi connectivity index (χ4n) is 2.26. The highest BCUT2D eigenvalue weighted by Crippen LogP contribution is 2.19. The van der Waals surface area contributed by atoms with Crippen molar-refractivity contribution in [1.29, 1.82) is 0 Å². The number of hydrogen-bond donors (Lipinski definition) is 1. The molecule has 6 heteroatoms. The van der Waals surface area contributed by atoms with Gasteiger partial charge in [-0.05, 0) is 52.7 Å². The Hall–Kier alpha value is -2.47. The molecule has 1 N–H and O–H groups in total. The smallest absolute Gasteiger partial charge is 0.252 e. The van der Waals surface area contributed by atoms with E-state index in [0.717, 1.165) is 15.7 Å². The quantitative estimate of drug-likeness (QED) is 0.764. The zero-order valence-electron chi connectivity index (χ0n) is 12.5. The fraction of sp³-hybridized carbons (Fsp3) is 0.118.